The average molecular weight is 465 g/mol. The number of rotatable bonds is 9. The second-order valence-corrected chi connectivity index (χ2v) is 7.84. The Labute approximate surface area is 198 Å². The van der Waals surface area contributed by atoms with Gasteiger partial charge in [0.05, 0.1) is 0 Å². The second-order valence-electron chi connectivity index (χ2n) is 7.43. The minimum absolute atomic E-state index is 0.0167. The van der Waals surface area contributed by atoms with Gasteiger partial charge in [-0.3, -0.25) is 14.5 Å². The number of carbonyl (C=O) groups is 2. The lowest BCUT2D eigenvalue weighted by molar-refractivity contribution is -0.140. The Kier molecular flexibility index (Phi) is 8.42. The second kappa shape index (κ2) is 11.5. The fraction of sp³-hybridized carbons (Fsp3) is 0.269. The van der Waals surface area contributed by atoms with E-state index in [1.54, 1.807) is 25.1 Å². The number of nitriles is 1. The quantitative estimate of drug-likeness (QED) is 0.298. The van der Waals surface area contributed by atoms with Crippen LogP contribution in [0.15, 0.2) is 65.3 Å². The van der Waals surface area contributed by atoms with Gasteiger partial charge in [-0.1, -0.05) is 41.9 Å². The van der Waals surface area contributed by atoms with Crippen molar-refractivity contribution in [3.8, 4) is 11.8 Å². The number of benzene rings is 2. The van der Waals surface area contributed by atoms with E-state index in [2.05, 4.69) is 0 Å². The molecule has 2 aromatic rings. The molecular weight excluding hydrogens is 440 g/mol. The Hall–Kier alpha value is -3.40. The predicted octanol–water partition coefficient (Wildman–Crippen LogP) is 4.94. The first-order valence-electron chi connectivity index (χ1n) is 10.7. The predicted molar refractivity (Wildman–Crippen MR) is 126 cm³/mol. The first kappa shape index (κ1) is 24.2. The summed E-state index contributed by atoms with van der Waals surface area (Å²) in [5.74, 6) is -0.311. The molecule has 33 heavy (non-hydrogen) atoms. The zero-order chi connectivity index (χ0) is 23.8. The standard InChI is InChI=1S/C26H25ClN2O4/c1-3-32-14-6-13-29-25(30)22(18(2)23(16-28)26(29)31)15-19-9-11-21(12-10-19)33-17-20-7-4-5-8-24(20)27/h4-5,7-12,15H,3,6,13-14,17H2,1-2H3/b22-15+. The molecule has 0 saturated heterocycles. The number of hydrogen-bond acceptors (Lipinski definition) is 5. The normalized spacial score (nSPS) is 15.2. The maximum absolute atomic E-state index is 13.0. The molecular formula is C26H25ClN2O4. The minimum Gasteiger partial charge on any atom is -0.489 e. The van der Waals surface area contributed by atoms with Crippen molar-refractivity contribution in [2.45, 2.75) is 26.9 Å². The summed E-state index contributed by atoms with van der Waals surface area (Å²) in [5, 5.41) is 10.1. The van der Waals surface area contributed by atoms with Gasteiger partial charge >= 0.3 is 0 Å². The molecule has 0 aliphatic carbocycles. The minimum atomic E-state index is -0.558. The molecule has 0 saturated carbocycles. The summed E-state index contributed by atoms with van der Waals surface area (Å²) in [5.41, 5.74) is 2.33. The van der Waals surface area contributed by atoms with Crippen LogP contribution in [0.25, 0.3) is 6.08 Å². The van der Waals surface area contributed by atoms with E-state index in [1.165, 1.54) is 0 Å². The Morgan fingerprint density at radius 2 is 1.82 bits per heavy atom. The Balaban J connectivity index is 1.77. The van der Waals surface area contributed by atoms with Crippen molar-refractivity contribution in [1.29, 1.82) is 5.26 Å². The highest BCUT2D eigenvalue weighted by atomic mass is 35.5. The van der Waals surface area contributed by atoms with Crippen LogP contribution in [0, 0.1) is 11.3 Å². The van der Waals surface area contributed by atoms with Crippen LogP contribution in [-0.2, 0) is 20.9 Å². The maximum Gasteiger partial charge on any atom is 0.271 e. The van der Waals surface area contributed by atoms with Gasteiger partial charge in [-0.2, -0.15) is 5.26 Å². The van der Waals surface area contributed by atoms with Gasteiger partial charge in [0.15, 0.2) is 0 Å². The van der Waals surface area contributed by atoms with E-state index >= 15 is 0 Å². The molecule has 0 unspecified atom stereocenters. The van der Waals surface area contributed by atoms with Crippen molar-refractivity contribution in [3.63, 3.8) is 0 Å². The molecule has 6 nitrogen and oxygen atoms in total. The SMILES string of the molecule is CCOCCCN1C(=O)C(C#N)=C(C)/C(=C\c2ccc(OCc3ccccc3Cl)cc2)C1=O. The Morgan fingerprint density at radius 1 is 1.09 bits per heavy atom. The van der Waals surface area contributed by atoms with E-state index in [0.29, 0.717) is 48.2 Å². The van der Waals surface area contributed by atoms with Crippen LogP contribution < -0.4 is 4.74 Å². The molecule has 2 amide bonds. The molecule has 0 spiro atoms. The number of carbonyl (C=O) groups excluding carboxylic acids is 2. The third kappa shape index (κ3) is 5.89. The molecule has 0 atom stereocenters. The lowest BCUT2D eigenvalue weighted by Crippen LogP contribution is -2.43. The fourth-order valence-electron chi connectivity index (χ4n) is 3.41. The molecule has 2 aromatic carbocycles. The zero-order valence-corrected chi connectivity index (χ0v) is 19.4. The highest BCUT2D eigenvalue weighted by Gasteiger charge is 2.35. The molecule has 1 heterocycles. The number of ether oxygens (including phenoxy) is 2. The van der Waals surface area contributed by atoms with Gasteiger partial charge in [0.2, 0.25) is 0 Å². The first-order valence-corrected chi connectivity index (χ1v) is 11.1. The molecule has 0 bridgehead atoms. The third-order valence-electron chi connectivity index (χ3n) is 5.24. The van der Waals surface area contributed by atoms with E-state index < -0.39 is 11.8 Å². The summed E-state index contributed by atoms with van der Waals surface area (Å²) in [7, 11) is 0. The molecule has 0 aromatic heterocycles. The van der Waals surface area contributed by atoms with Gasteiger partial charge in [0, 0.05) is 35.9 Å². The summed E-state index contributed by atoms with van der Waals surface area (Å²) >= 11 is 6.16. The van der Waals surface area contributed by atoms with Crippen LogP contribution in [0.4, 0.5) is 0 Å². The van der Waals surface area contributed by atoms with Crippen molar-refractivity contribution in [2.24, 2.45) is 0 Å². The number of halogens is 1. The van der Waals surface area contributed by atoms with Gasteiger partial charge in [0.1, 0.15) is 24.0 Å². The van der Waals surface area contributed by atoms with Crippen LogP contribution >= 0.6 is 11.6 Å². The Bertz CT molecular complexity index is 1130. The lowest BCUT2D eigenvalue weighted by Gasteiger charge is -2.27. The highest BCUT2D eigenvalue weighted by molar-refractivity contribution is 6.31. The summed E-state index contributed by atoms with van der Waals surface area (Å²) in [6.45, 7) is 5.04. The smallest absolute Gasteiger partial charge is 0.271 e. The van der Waals surface area contributed by atoms with Crippen molar-refractivity contribution in [1.82, 2.24) is 4.90 Å². The van der Waals surface area contributed by atoms with Gasteiger partial charge < -0.3 is 9.47 Å². The molecule has 1 aliphatic heterocycles. The van der Waals surface area contributed by atoms with Crippen LogP contribution in [-0.4, -0.2) is 36.5 Å². The van der Waals surface area contributed by atoms with Crippen LogP contribution in [0.3, 0.4) is 0 Å². The highest BCUT2D eigenvalue weighted by Crippen LogP contribution is 2.28. The monoisotopic (exact) mass is 464 g/mol. The van der Waals surface area contributed by atoms with Crippen molar-refractivity contribution >= 4 is 29.5 Å². The van der Waals surface area contributed by atoms with E-state index in [4.69, 9.17) is 21.1 Å². The molecule has 3 rings (SSSR count). The van der Waals surface area contributed by atoms with Crippen molar-refractivity contribution in [3.05, 3.63) is 81.4 Å². The van der Waals surface area contributed by atoms with Gasteiger partial charge in [-0.05, 0) is 55.7 Å². The molecule has 0 radical (unpaired) electrons. The largest absolute Gasteiger partial charge is 0.489 e. The number of amides is 2. The van der Waals surface area contributed by atoms with E-state index in [-0.39, 0.29) is 12.1 Å². The number of imide groups is 1. The lowest BCUT2D eigenvalue weighted by atomic mass is 9.93. The summed E-state index contributed by atoms with van der Waals surface area (Å²) < 4.78 is 11.1. The van der Waals surface area contributed by atoms with Gasteiger partial charge in [-0.25, -0.2) is 0 Å². The van der Waals surface area contributed by atoms with Crippen LogP contribution in [0.2, 0.25) is 5.02 Å². The number of nitrogens with zero attached hydrogens (tertiary/aromatic N) is 2. The number of hydrogen-bond donors (Lipinski definition) is 0. The fourth-order valence-corrected chi connectivity index (χ4v) is 3.60. The molecule has 7 heteroatoms. The van der Waals surface area contributed by atoms with Crippen LogP contribution in [0.1, 0.15) is 31.4 Å². The van der Waals surface area contributed by atoms with E-state index in [1.807, 2.05) is 49.4 Å². The molecule has 1 aliphatic rings. The summed E-state index contributed by atoms with van der Waals surface area (Å²) in [4.78, 5) is 26.8. The van der Waals surface area contributed by atoms with Crippen molar-refractivity contribution < 1.29 is 19.1 Å². The van der Waals surface area contributed by atoms with Gasteiger partial charge in [0.25, 0.3) is 11.8 Å². The first-order chi connectivity index (χ1) is 16.0. The molecule has 0 fully saturated rings. The van der Waals surface area contributed by atoms with Gasteiger partial charge in [-0.15, -0.1) is 0 Å². The zero-order valence-electron chi connectivity index (χ0n) is 18.6. The maximum atomic E-state index is 13.0. The summed E-state index contributed by atoms with van der Waals surface area (Å²) in [6.07, 6.45) is 2.20. The Morgan fingerprint density at radius 3 is 2.48 bits per heavy atom. The van der Waals surface area contributed by atoms with Crippen LogP contribution in [0.5, 0.6) is 5.75 Å². The van der Waals surface area contributed by atoms with Crippen molar-refractivity contribution in [2.75, 3.05) is 19.8 Å². The van der Waals surface area contributed by atoms with E-state index in [0.717, 1.165) is 16.0 Å². The summed E-state index contributed by atoms with van der Waals surface area (Å²) in [6, 6.07) is 16.7. The third-order valence-corrected chi connectivity index (χ3v) is 5.61. The molecule has 0 N–H and O–H groups in total. The van der Waals surface area contributed by atoms with E-state index in [9.17, 15) is 14.9 Å². The topological polar surface area (TPSA) is 79.6 Å². The average Bonchev–Trinajstić information content (AvgIpc) is 2.82. The molecule has 170 valence electrons.